The average molecular weight is 719 g/mol. The summed E-state index contributed by atoms with van der Waals surface area (Å²) < 4.78 is 2.46. The standard InChI is InChI=1S/C52H34N2S/c1-5-14-35(15-6-1)38-24-26-39(27-25-38)41-28-29-49-46(33-41)51-45(22-13-23-50(51)55-49)52-53-47(40-20-11-4-12-21-40)34-48(54-52)44-31-42(36-16-7-2-8-17-36)30-43(32-44)37-18-9-3-10-19-37/h1-34H. The van der Waals surface area contributed by atoms with E-state index in [1.807, 2.05) is 17.4 Å². The summed E-state index contributed by atoms with van der Waals surface area (Å²) in [5, 5.41) is 2.40. The SMILES string of the molecule is c1ccc(-c2ccc(-c3ccc4sc5cccc(-c6nc(-c7ccccc7)cc(-c7cc(-c8ccccc8)cc(-c8ccccc8)c7)n6)c5c4c3)cc2)cc1. The Morgan fingerprint density at radius 2 is 0.745 bits per heavy atom. The number of benzene rings is 8. The van der Waals surface area contributed by atoms with Gasteiger partial charge in [0.15, 0.2) is 5.82 Å². The lowest BCUT2D eigenvalue weighted by molar-refractivity contribution is 1.19. The third kappa shape index (κ3) is 6.41. The number of nitrogens with zero attached hydrogens (tertiary/aromatic N) is 2. The Labute approximate surface area is 324 Å². The van der Waals surface area contributed by atoms with Crippen LogP contribution in [0.2, 0.25) is 0 Å². The molecule has 0 radical (unpaired) electrons. The van der Waals surface area contributed by atoms with Gasteiger partial charge in [-0.1, -0.05) is 164 Å². The largest absolute Gasteiger partial charge is 0.228 e. The zero-order valence-corrected chi connectivity index (χ0v) is 30.7. The fourth-order valence-electron chi connectivity index (χ4n) is 7.52. The summed E-state index contributed by atoms with van der Waals surface area (Å²) >= 11 is 1.82. The first-order valence-electron chi connectivity index (χ1n) is 18.6. The van der Waals surface area contributed by atoms with Crippen molar-refractivity contribution in [3.63, 3.8) is 0 Å². The highest BCUT2D eigenvalue weighted by Crippen LogP contribution is 2.42. The van der Waals surface area contributed by atoms with Gasteiger partial charge < -0.3 is 0 Å². The first-order valence-corrected chi connectivity index (χ1v) is 19.4. The molecule has 2 nitrogen and oxygen atoms in total. The van der Waals surface area contributed by atoms with Crippen molar-refractivity contribution in [1.82, 2.24) is 9.97 Å². The van der Waals surface area contributed by atoms with Crippen LogP contribution >= 0.6 is 11.3 Å². The molecule has 0 saturated carbocycles. The summed E-state index contributed by atoms with van der Waals surface area (Å²) in [4.78, 5) is 10.7. The van der Waals surface area contributed by atoms with Gasteiger partial charge in [0.2, 0.25) is 0 Å². The zero-order chi connectivity index (χ0) is 36.6. The normalized spacial score (nSPS) is 11.3. The molecule has 2 aromatic heterocycles. The van der Waals surface area contributed by atoms with Gasteiger partial charge in [0.25, 0.3) is 0 Å². The Hall–Kier alpha value is -6.94. The molecule has 0 amide bonds. The minimum Gasteiger partial charge on any atom is -0.228 e. The van der Waals surface area contributed by atoms with E-state index < -0.39 is 0 Å². The van der Waals surface area contributed by atoms with E-state index in [9.17, 15) is 0 Å². The maximum absolute atomic E-state index is 5.42. The van der Waals surface area contributed by atoms with Gasteiger partial charge in [0.1, 0.15) is 0 Å². The van der Waals surface area contributed by atoms with Crippen LogP contribution in [0.4, 0.5) is 0 Å². The third-order valence-electron chi connectivity index (χ3n) is 10.3. The highest BCUT2D eigenvalue weighted by atomic mass is 32.1. The molecule has 0 N–H and O–H groups in total. The Morgan fingerprint density at radius 1 is 0.291 bits per heavy atom. The van der Waals surface area contributed by atoms with Crippen molar-refractivity contribution in [3.05, 3.63) is 206 Å². The summed E-state index contributed by atoms with van der Waals surface area (Å²) in [5.41, 5.74) is 14.3. The van der Waals surface area contributed by atoms with Gasteiger partial charge in [-0.3, -0.25) is 0 Å². The van der Waals surface area contributed by atoms with Gasteiger partial charge in [-0.2, -0.15) is 0 Å². The Kier molecular flexibility index (Phi) is 8.40. The summed E-state index contributed by atoms with van der Waals surface area (Å²) in [6, 6.07) is 73.4. The van der Waals surface area contributed by atoms with Crippen LogP contribution in [-0.2, 0) is 0 Å². The van der Waals surface area contributed by atoms with Crippen LogP contribution in [-0.4, -0.2) is 9.97 Å². The second-order valence-corrected chi connectivity index (χ2v) is 14.9. The smallest absolute Gasteiger partial charge is 0.161 e. The predicted octanol–water partition coefficient (Wildman–Crippen LogP) is 14.5. The number of rotatable bonds is 7. The molecule has 0 saturated heterocycles. The van der Waals surface area contributed by atoms with E-state index in [0.29, 0.717) is 5.82 Å². The molecule has 0 bridgehead atoms. The highest BCUT2D eigenvalue weighted by molar-refractivity contribution is 7.26. The van der Waals surface area contributed by atoms with Crippen LogP contribution in [0, 0.1) is 0 Å². The lowest BCUT2D eigenvalue weighted by atomic mass is 9.94. The van der Waals surface area contributed by atoms with Crippen molar-refractivity contribution in [1.29, 1.82) is 0 Å². The minimum atomic E-state index is 0.714. The molecule has 0 aliphatic rings. The lowest BCUT2D eigenvalue weighted by Gasteiger charge is -2.14. The highest BCUT2D eigenvalue weighted by Gasteiger charge is 2.18. The molecule has 55 heavy (non-hydrogen) atoms. The van der Waals surface area contributed by atoms with Crippen molar-refractivity contribution in [2.45, 2.75) is 0 Å². The molecule has 3 heteroatoms. The molecule has 0 spiro atoms. The second kappa shape index (κ2) is 14.1. The molecule has 258 valence electrons. The van der Waals surface area contributed by atoms with Gasteiger partial charge in [0, 0.05) is 36.9 Å². The monoisotopic (exact) mass is 718 g/mol. The molecular formula is C52H34N2S. The van der Waals surface area contributed by atoms with Crippen molar-refractivity contribution in [3.8, 4) is 78.4 Å². The average Bonchev–Trinajstić information content (AvgIpc) is 3.66. The molecular weight excluding hydrogens is 685 g/mol. The maximum atomic E-state index is 5.42. The van der Waals surface area contributed by atoms with Gasteiger partial charge in [-0.25, -0.2) is 9.97 Å². The van der Waals surface area contributed by atoms with Crippen molar-refractivity contribution < 1.29 is 0 Å². The minimum absolute atomic E-state index is 0.714. The Balaban J connectivity index is 1.15. The van der Waals surface area contributed by atoms with E-state index in [4.69, 9.17) is 9.97 Å². The van der Waals surface area contributed by atoms with E-state index >= 15 is 0 Å². The van der Waals surface area contributed by atoms with Crippen LogP contribution in [0.1, 0.15) is 0 Å². The first kappa shape index (κ1) is 32.7. The molecule has 0 aliphatic heterocycles. The number of fused-ring (bicyclic) bond motifs is 3. The molecule has 10 aromatic rings. The van der Waals surface area contributed by atoms with Gasteiger partial charge in [-0.15, -0.1) is 11.3 Å². The maximum Gasteiger partial charge on any atom is 0.161 e. The third-order valence-corrected chi connectivity index (χ3v) is 11.4. The fourth-order valence-corrected chi connectivity index (χ4v) is 8.63. The van der Waals surface area contributed by atoms with Gasteiger partial charge in [-0.05, 0) is 87.0 Å². The summed E-state index contributed by atoms with van der Waals surface area (Å²) in [6.07, 6.45) is 0. The zero-order valence-electron chi connectivity index (χ0n) is 29.9. The second-order valence-electron chi connectivity index (χ2n) is 13.8. The molecule has 0 atom stereocenters. The first-order chi connectivity index (χ1) is 27.2. The molecule has 0 fully saturated rings. The van der Waals surface area contributed by atoms with Crippen molar-refractivity contribution >= 4 is 31.5 Å². The van der Waals surface area contributed by atoms with Crippen LogP contribution < -0.4 is 0 Å². The summed E-state index contributed by atoms with van der Waals surface area (Å²) in [5.74, 6) is 0.714. The number of thiophene rings is 1. The van der Waals surface area contributed by atoms with Crippen LogP contribution in [0.15, 0.2) is 206 Å². The van der Waals surface area contributed by atoms with E-state index in [1.165, 1.54) is 53.6 Å². The topological polar surface area (TPSA) is 25.8 Å². The fraction of sp³-hybridized carbons (Fsp3) is 0. The van der Waals surface area contributed by atoms with E-state index in [2.05, 4.69) is 200 Å². The summed E-state index contributed by atoms with van der Waals surface area (Å²) in [7, 11) is 0. The number of hydrogen-bond donors (Lipinski definition) is 0. The lowest BCUT2D eigenvalue weighted by Crippen LogP contribution is -1.97. The van der Waals surface area contributed by atoms with E-state index in [0.717, 1.165) is 39.2 Å². The number of aromatic nitrogens is 2. The van der Waals surface area contributed by atoms with Crippen molar-refractivity contribution in [2.75, 3.05) is 0 Å². The van der Waals surface area contributed by atoms with Crippen LogP contribution in [0.3, 0.4) is 0 Å². The quantitative estimate of drug-likeness (QED) is 0.164. The van der Waals surface area contributed by atoms with E-state index in [-0.39, 0.29) is 0 Å². The van der Waals surface area contributed by atoms with Gasteiger partial charge in [0.05, 0.1) is 11.4 Å². The van der Waals surface area contributed by atoms with Crippen molar-refractivity contribution in [2.24, 2.45) is 0 Å². The Morgan fingerprint density at radius 3 is 1.33 bits per heavy atom. The Bertz CT molecular complexity index is 2880. The molecule has 0 unspecified atom stereocenters. The molecule has 0 aliphatic carbocycles. The van der Waals surface area contributed by atoms with Crippen LogP contribution in [0.5, 0.6) is 0 Å². The van der Waals surface area contributed by atoms with Crippen LogP contribution in [0.25, 0.3) is 98.6 Å². The molecule has 8 aromatic carbocycles. The molecule has 10 rings (SSSR count). The number of hydrogen-bond acceptors (Lipinski definition) is 3. The molecule has 2 heterocycles. The predicted molar refractivity (Wildman–Crippen MR) is 233 cm³/mol. The summed E-state index contributed by atoms with van der Waals surface area (Å²) in [6.45, 7) is 0. The van der Waals surface area contributed by atoms with Gasteiger partial charge >= 0.3 is 0 Å². The van der Waals surface area contributed by atoms with E-state index in [1.54, 1.807) is 0 Å².